The van der Waals surface area contributed by atoms with E-state index in [1.165, 1.54) is 12.5 Å². The summed E-state index contributed by atoms with van der Waals surface area (Å²) in [5.41, 5.74) is 3.13. The predicted molar refractivity (Wildman–Crippen MR) is 125 cm³/mol. The summed E-state index contributed by atoms with van der Waals surface area (Å²) in [6.07, 6.45) is 6.93. The molecule has 0 aromatic carbocycles. The lowest BCUT2D eigenvalue weighted by atomic mass is 9.89. The molecule has 0 unspecified atom stereocenters. The normalized spacial score (nSPS) is 17.1. The molecule has 0 radical (unpaired) electrons. The summed E-state index contributed by atoms with van der Waals surface area (Å²) < 4.78 is 13.2. The highest BCUT2D eigenvalue weighted by molar-refractivity contribution is 5.88. The average Bonchev–Trinajstić information content (AvgIpc) is 3.18. The van der Waals surface area contributed by atoms with E-state index in [0.29, 0.717) is 52.1 Å². The molecule has 1 saturated carbocycles. The quantitative estimate of drug-likeness (QED) is 0.424. The molecule has 4 heterocycles. The molecule has 1 aliphatic carbocycles. The minimum absolute atomic E-state index is 0.305. The molecule has 34 heavy (non-hydrogen) atoms. The number of nitrogens with one attached hydrogen (secondary N) is 2. The van der Waals surface area contributed by atoms with Crippen LogP contribution in [-0.2, 0) is 11.8 Å². The van der Waals surface area contributed by atoms with Gasteiger partial charge >= 0.3 is 0 Å². The van der Waals surface area contributed by atoms with Gasteiger partial charge in [-0.05, 0) is 31.4 Å². The Morgan fingerprint density at radius 1 is 1.12 bits per heavy atom. The molecule has 2 N–H and O–H groups in total. The van der Waals surface area contributed by atoms with Crippen molar-refractivity contribution in [2.45, 2.75) is 31.9 Å². The molecule has 0 atom stereocenters. The minimum Gasteiger partial charge on any atom is -0.437 e. The number of aromatic nitrogens is 6. The third-order valence-electron chi connectivity index (χ3n) is 5.75. The van der Waals surface area contributed by atoms with E-state index in [2.05, 4.69) is 35.6 Å². The van der Waals surface area contributed by atoms with Crippen LogP contribution in [0, 0.1) is 18.3 Å². The highest BCUT2D eigenvalue weighted by Gasteiger charge is 2.29. The SMILES string of the molecule is COC1CC(Nc2cc(Nc3cc(Oc4cnc(C#N)cc4C)nc4c3ncn4C)ncn2)C1. The first kappa shape index (κ1) is 21.5. The number of nitrogens with zero attached hydrogens (tertiary/aromatic N) is 7. The Hall–Kier alpha value is -4.30. The number of hydrogen-bond donors (Lipinski definition) is 2. The Kier molecular flexibility index (Phi) is 5.65. The highest BCUT2D eigenvalue weighted by atomic mass is 16.5. The lowest BCUT2D eigenvalue weighted by molar-refractivity contribution is 0.0328. The first-order chi connectivity index (χ1) is 16.5. The van der Waals surface area contributed by atoms with Crippen LogP contribution >= 0.6 is 0 Å². The number of hydrogen-bond acceptors (Lipinski definition) is 10. The van der Waals surface area contributed by atoms with Gasteiger partial charge in [-0.25, -0.2) is 19.9 Å². The number of anilines is 3. The molecule has 1 fully saturated rings. The Morgan fingerprint density at radius 2 is 1.94 bits per heavy atom. The van der Waals surface area contributed by atoms with Crippen molar-refractivity contribution in [3.63, 3.8) is 0 Å². The van der Waals surface area contributed by atoms with Crippen molar-refractivity contribution < 1.29 is 9.47 Å². The molecule has 4 aromatic rings. The van der Waals surface area contributed by atoms with E-state index >= 15 is 0 Å². The molecule has 0 aliphatic heterocycles. The molecule has 11 heteroatoms. The van der Waals surface area contributed by atoms with Gasteiger partial charge in [0, 0.05) is 32.3 Å². The van der Waals surface area contributed by atoms with Crippen LogP contribution in [0.3, 0.4) is 0 Å². The van der Waals surface area contributed by atoms with Gasteiger partial charge in [0.1, 0.15) is 35.2 Å². The summed E-state index contributed by atoms with van der Waals surface area (Å²) in [6, 6.07) is 7.64. The number of methoxy groups -OCH3 is 1. The number of aryl methyl sites for hydroxylation is 2. The fourth-order valence-corrected chi connectivity index (χ4v) is 3.77. The second-order valence-electron chi connectivity index (χ2n) is 8.17. The molecule has 0 spiro atoms. The topological polar surface area (TPSA) is 136 Å². The summed E-state index contributed by atoms with van der Waals surface area (Å²) in [4.78, 5) is 21.8. The Balaban J connectivity index is 1.41. The van der Waals surface area contributed by atoms with Crippen molar-refractivity contribution in [2.24, 2.45) is 7.05 Å². The minimum atomic E-state index is 0.305. The van der Waals surface area contributed by atoms with Crippen molar-refractivity contribution in [3.05, 3.63) is 48.3 Å². The molecule has 0 amide bonds. The van der Waals surface area contributed by atoms with E-state index in [1.807, 2.05) is 30.7 Å². The van der Waals surface area contributed by atoms with Gasteiger partial charge in [-0.15, -0.1) is 0 Å². The maximum Gasteiger partial charge on any atom is 0.223 e. The second-order valence-corrected chi connectivity index (χ2v) is 8.17. The van der Waals surface area contributed by atoms with Crippen LogP contribution in [0.25, 0.3) is 11.2 Å². The maximum absolute atomic E-state index is 9.05. The Morgan fingerprint density at radius 3 is 2.71 bits per heavy atom. The van der Waals surface area contributed by atoms with Gasteiger partial charge in [-0.3, -0.25) is 0 Å². The first-order valence-corrected chi connectivity index (χ1v) is 10.8. The van der Waals surface area contributed by atoms with E-state index < -0.39 is 0 Å². The second kappa shape index (κ2) is 8.92. The van der Waals surface area contributed by atoms with E-state index in [-0.39, 0.29) is 0 Å². The Bertz CT molecular complexity index is 1390. The van der Waals surface area contributed by atoms with Crippen LogP contribution in [0.1, 0.15) is 24.1 Å². The largest absolute Gasteiger partial charge is 0.437 e. The fraction of sp³-hybridized carbons (Fsp3) is 0.304. The van der Waals surface area contributed by atoms with Gasteiger partial charge < -0.3 is 24.7 Å². The summed E-state index contributed by atoms with van der Waals surface area (Å²) in [6.45, 7) is 1.85. The molecule has 5 rings (SSSR count). The number of fused-ring (bicyclic) bond motifs is 1. The average molecular weight is 457 g/mol. The Labute approximate surface area is 195 Å². The van der Waals surface area contributed by atoms with E-state index in [1.54, 1.807) is 25.6 Å². The van der Waals surface area contributed by atoms with Gasteiger partial charge in [0.25, 0.3) is 0 Å². The van der Waals surface area contributed by atoms with Gasteiger partial charge in [0.2, 0.25) is 5.88 Å². The molecule has 0 saturated heterocycles. The number of pyridine rings is 2. The molecule has 0 bridgehead atoms. The van der Waals surface area contributed by atoms with Gasteiger partial charge in [0.15, 0.2) is 11.4 Å². The van der Waals surface area contributed by atoms with Crippen molar-refractivity contribution in [3.8, 4) is 17.7 Å². The molecule has 172 valence electrons. The van der Waals surface area contributed by atoms with E-state index in [9.17, 15) is 0 Å². The molecule has 4 aromatic heterocycles. The van der Waals surface area contributed by atoms with Crippen LogP contribution in [0.4, 0.5) is 17.3 Å². The monoisotopic (exact) mass is 457 g/mol. The van der Waals surface area contributed by atoms with Gasteiger partial charge in [-0.2, -0.15) is 10.2 Å². The number of rotatable bonds is 7. The van der Waals surface area contributed by atoms with Crippen LogP contribution in [0.5, 0.6) is 11.6 Å². The molecule has 11 nitrogen and oxygen atoms in total. The van der Waals surface area contributed by atoms with Crippen LogP contribution in [-0.4, -0.2) is 48.7 Å². The molecular formula is C23H23N9O2. The van der Waals surface area contributed by atoms with Gasteiger partial charge in [0.05, 0.1) is 24.3 Å². The molecule has 1 aliphatic rings. The number of nitriles is 1. The summed E-state index contributed by atoms with van der Waals surface area (Å²) in [7, 11) is 3.60. The number of ether oxygens (including phenoxy) is 2. The zero-order valence-corrected chi connectivity index (χ0v) is 19.0. The van der Waals surface area contributed by atoms with Crippen molar-refractivity contribution in [1.29, 1.82) is 5.26 Å². The number of imidazole rings is 1. The summed E-state index contributed by atoms with van der Waals surface area (Å²) in [5.74, 6) is 2.22. The standard InChI is InChI=1S/C23H23N9O2/c1-13-4-15(9-24)25-10-18(13)34-21-7-17(22-23(31-21)32(2)12-28-22)30-20-8-19(26-11-27-20)29-14-5-16(6-14)33-3/h4,7-8,10-12,14,16H,5-6H2,1-3H3,(H2,26,27,29,30,31). The van der Waals surface area contributed by atoms with Crippen molar-refractivity contribution >= 4 is 28.5 Å². The summed E-state index contributed by atoms with van der Waals surface area (Å²) in [5, 5.41) is 15.8. The van der Waals surface area contributed by atoms with E-state index in [4.69, 9.17) is 14.7 Å². The highest BCUT2D eigenvalue weighted by Crippen LogP contribution is 2.32. The summed E-state index contributed by atoms with van der Waals surface area (Å²) >= 11 is 0. The van der Waals surface area contributed by atoms with E-state index in [0.717, 1.165) is 24.2 Å². The van der Waals surface area contributed by atoms with Crippen LogP contribution in [0.15, 0.2) is 37.1 Å². The van der Waals surface area contributed by atoms with Crippen LogP contribution < -0.4 is 15.4 Å². The van der Waals surface area contributed by atoms with Crippen LogP contribution in [0.2, 0.25) is 0 Å². The predicted octanol–water partition coefficient (Wildman–Crippen LogP) is 3.46. The molecular weight excluding hydrogens is 434 g/mol. The maximum atomic E-state index is 9.05. The van der Waals surface area contributed by atoms with Gasteiger partial charge in [-0.1, -0.05) is 0 Å². The fourth-order valence-electron chi connectivity index (χ4n) is 3.77. The third-order valence-corrected chi connectivity index (χ3v) is 5.75. The zero-order valence-electron chi connectivity index (χ0n) is 19.0. The van der Waals surface area contributed by atoms with Crippen molar-refractivity contribution in [2.75, 3.05) is 17.7 Å². The zero-order chi connectivity index (χ0) is 23.7. The first-order valence-electron chi connectivity index (χ1n) is 10.8. The lowest BCUT2D eigenvalue weighted by Gasteiger charge is -2.34. The smallest absolute Gasteiger partial charge is 0.223 e. The lowest BCUT2D eigenvalue weighted by Crippen LogP contribution is -2.40. The third kappa shape index (κ3) is 4.31. The van der Waals surface area contributed by atoms with Crippen molar-refractivity contribution in [1.82, 2.24) is 29.5 Å².